The highest BCUT2D eigenvalue weighted by atomic mass is 35.5. The van der Waals surface area contributed by atoms with Crippen LogP contribution in [0.4, 0.5) is 5.95 Å². The van der Waals surface area contributed by atoms with E-state index in [9.17, 15) is 8.42 Å². The van der Waals surface area contributed by atoms with Gasteiger partial charge in [0.2, 0.25) is 0 Å². The molecule has 8 heteroatoms. The average molecular weight is 273 g/mol. The van der Waals surface area contributed by atoms with Crippen molar-refractivity contribution in [3.05, 3.63) is 35.1 Å². The lowest BCUT2D eigenvalue weighted by Crippen LogP contribution is -2.13. The van der Waals surface area contributed by atoms with Crippen molar-refractivity contribution < 1.29 is 8.42 Å². The number of aryl methyl sites for hydroxylation is 1. The van der Waals surface area contributed by atoms with Gasteiger partial charge in [0.05, 0.1) is 4.90 Å². The minimum absolute atomic E-state index is 0.00229. The maximum Gasteiger partial charge on any atom is 0.264 e. The Bertz CT molecular complexity index is 638. The fourth-order valence-electron chi connectivity index (χ4n) is 1.20. The summed E-state index contributed by atoms with van der Waals surface area (Å²) in [5.41, 5.74) is 0. The average Bonchev–Trinajstić information content (AvgIpc) is 2.63. The molecule has 0 spiro atoms. The van der Waals surface area contributed by atoms with Crippen molar-refractivity contribution in [1.29, 1.82) is 0 Å². The van der Waals surface area contributed by atoms with Crippen molar-refractivity contribution >= 4 is 27.6 Å². The highest BCUT2D eigenvalue weighted by Gasteiger charge is 2.16. The lowest BCUT2D eigenvalue weighted by Gasteiger charge is -2.04. The second kappa shape index (κ2) is 4.34. The van der Waals surface area contributed by atoms with Crippen molar-refractivity contribution in [2.75, 3.05) is 4.72 Å². The van der Waals surface area contributed by atoms with Gasteiger partial charge in [-0.2, -0.15) is 4.98 Å². The zero-order valence-corrected chi connectivity index (χ0v) is 10.4. The van der Waals surface area contributed by atoms with Gasteiger partial charge in [-0.1, -0.05) is 17.7 Å². The van der Waals surface area contributed by atoms with E-state index >= 15 is 0 Å². The van der Waals surface area contributed by atoms with Crippen LogP contribution in [0.15, 0.2) is 29.2 Å². The molecule has 90 valence electrons. The third kappa shape index (κ3) is 2.75. The summed E-state index contributed by atoms with van der Waals surface area (Å²) in [6.45, 7) is 1.67. The van der Waals surface area contributed by atoms with Crippen LogP contribution in [0.1, 0.15) is 5.82 Å². The lowest BCUT2D eigenvalue weighted by atomic mass is 10.4. The molecule has 0 bridgehead atoms. The Morgan fingerprint density at radius 1 is 1.41 bits per heavy atom. The van der Waals surface area contributed by atoms with Crippen molar-refractivity contribution in [3.8, 4) is 0 Å². The van der Waals surface area contributed by atoms with Gasteiger partial charge in [0.15, 0.2) is 0 Å². The number of benzene rings is 1. The summed E-state index contributed by atoms with van der Waals surface area (Å²) in [4.78, 5) is 3.92. The van der Waals surface area contributed by atoms with E-state index < -0.39 is 10.0 Å². The predicted molar refractivity (Wildman–Crippen MR) is 63.4 cm³/mol. The molecule has 0 saturated carbocycles. The van der Waals surface area contributed by atoms with Gasteiger partial charge in [-0.05, 0) is 25.1 Å². The number of hydrogen-bond acceptors (Lipinski definition) is 4. The smallest absolute Gasteiger partial charge is 0.261 e. The minimum Gasteiger partial charge on any atom is -0.261 e. The van der Waals surface area contributed by atoms with E-state index in [2.05, 4.69) is 19.9 Å². The van der Waals surface area contributed by atoms with E-state index in [0.717, 1.165) is 0 Å². The standard InChI is InChI=1S/C9H9ClN4O2S/c1-6-11-9(13-12-6)14-17(15,16)8-4-2-3-7(10)5-8/h2-5H,1H3,(H2,11,12,13,14). The zero-order chi connectivity index (χ0) is 12.5. The van der Waals surface area contributed by atoms with Crippen LogP contribution < -0.4 is 4.72 Å². The summed E-state index contributed by atoms with van der Waals surface area (Å²) in [6.07, 6.45) is 0. The molecule has 1 aromatic carbocycles. The molecule has 0 amide bonds. The van der Waals surface area contributed by atoms with E-state index in [4.69, 9.17) is 11.6 Å². The number of rotatable bonds is 3. The molecule has 0 aliphatic carbocycles. The van der Waals surface area contributed by atoms with Gasteiger partial charge in [0, 0.05) is 5.02 Å². The molecule has 0 unspecified atom stereocenters. The quantitative estimate of drug-likeness (QED) is 0.888. The van der Waals surface area contributed by atoms with Gasteiger partial charge < -0.3 is 0 Å². The Hall–Kier alpha value is -1.60. The van der Waals surface area contributed by atoms with Crippen LogP contribution in [0.25, 0.3) is 0 Å². The molecule has 0 radical (unpaired) electrons. The molecule has 0 atom stereocenters. The molecule has 6 nitrogen and oxygen atoms in total. The number of nitrogens with zero attached hydrogens (tertiary/aromatic N) is 2. The predicted octanol–water partition coefficient (Wildman–Crippen LogP) is 1.57. The fraction of sp³-hybridized carbons (Fsp3) is 0.111. The molecule has 0 fully saturated rings. The molecule has 17 heavy (non-hydrogen) atoms. The molecular weight excluding hydrogens is 264 g/mol. The summed E-state index contributed by atoms with van der Waals surface area (Å²) < 4.78 is 26.0. The van der Waals surface area contributed by atoms with Crippen molar-refractivity contribution in [2.45, 2.75) is 11.8 Å². The summed E-state index contributed by atoms with van der Waals surface area (Å²) in [5.74, 6) is 0.524. The van der Waals surface area contributed by atoms with Crippen LogP contribution in [0.3, 0.4) is 0 Å². The zero-order valence-electron chi connectivity index (χ0n) is 8.81. The third-order valence-corrected chi connectivity index (χ3v) is 3.49. The van der Waals surface area contributed by atoms with E-state index in [0.29, 0.717) is 10.8 Å². The molecule has 2 aromatic rings. The first kappa shape index (κ1) is 11.9. The number of aromatic amines is 1. The summed E-state index contributed by atoms with van der Waals surface area (Å²) >= 11 is 5.73. The van der Waals surface area contributed by atoms with Crippen LogP contribution in [0.5, 0.6) is 0 Å². The van der Waals surface area contributed by atoms with E-state index in [1.807, 2.05) is 0 Å². The number of hydrogen-bond donors (Lipinski definition) is 2. The van der Waals surface area contributed by atoms with Crippen LogP contribution >= 0.6 is 11.6 Å². The maximum atomic E-state index is 11.9. The first-order chi connectivity index (χ1) is 7.97. The molecule has 0 aliphatic rings. The molecule has 2 rings (SSSR count). The molecule has 1 aromatic heterocycles. The maximum absolute atomic E-state index is 11.9. The molecule has 0 aliphatic heterocycles. The highest BCUT2D eigenvalue weighted by molar-refractivity contribution is 7.92. The first-order valence-electron chi connectivity index (χ1n) is 4.65. The Morgan fingerprint density at radius 3 is 2.76 bits per heavy atom. The van der Waals surface area contributed by atoms with Gasteiger partial charge in [0.25, 0.3) is 16.0 Å². The van der Waals surface area contributed by atoms with Crippen molar-refractivity contribution in [3.63, 3.8) is 0 Å². The van der Waals surface area contributed by atoms with Gasteiger partial charge in [0.1, 0.15) is 5.82 Å². The highest BCUT2D eigenvalue weighted by Crippen LogP contribution is 2.17. The van der Waals surface area contributed by atoms with Gasteiger partial charge in [-0.25, -0.2) is 13.1 Å². The van der Waals surface area contributed by atoms with Gasteiger partial charge in [-0.3, -0.25) is 5.10 Å². The summed E-state index contributed by atoms with van der Waals surface area (Å²) in [5, 5.41) is 6.58. The van der Waals surface area contributed by atoms with Gasteiger partial charge in [-0.15, -0.1) is 5.10 Å². The van der Waals surface area contributed by atoms with E-state index in [1.165, 1.54) is 12.1 Å². The number of sulfonamides is 1. The van der Waals surface area contributed by atoms with Crippen LogP contribution in [-0.4, -0.2) is 23.6 Å². The third-order valence-electron chi connectivity index (χ3n) is 1.93. The number of anilines is 1. The molecular formula is C9H9ClN4O2S. The van der Waals surface area contributed by atoms with Crippen molar-refractivity contribution in [1.82, 2.24) is 15.2 Å². The number of H-pyrrole nitrogens is 1. The minimum atomic E-state index is -3.70. The fourth-order valence-corrected chi connectivity index (χ4v) is 2.45. The largest absolute Gasteiger partial charge is 0.264 e. The number of halogens is 1. The summed E-state index contributed by atoms with van der Waals surface area (Å²) in [6, 6.07) is 5.94. The van der Waals surface area contributed by atoms with Crippen LogP contribution in [0.2, 0.25) is 5.02 Å². The number of nitrogens with one attached hydrogen (secondary N) is 2. The summed E-state index contributed by atoms with van der Waals surface area (Å²) in [7, 11) is -3.70. The Kier molecular flexibility index (Phi) is 3.03. The topological polar surface area (TPSA) is 87.7 Å². The second-order valence-electron chi connectivity index (χ2n) is 3.31. The Morgan fingerprint density at radius 2 is 2.18 bits per heavy atom. The monoisotopic (exact) mass is 272 g/mol. The van der Waals surface area contributed by atoms with E-state index in [-0.39, 0.29) is 10.8 Å². The number of aromatic nitrogens is 3. The second-order valence-corrected chi connectivity index (χ2v) is 5.43. The molecule has 2 N–H and O–H groups in total. The molecule has 1 heterocycles. The first-order valence-corrected chi connectivity index (χ1v) is 6.51. The van der Waals surface area contributed by atoms with Crippen LogP contribution in [-0.2, 0) is 10.0 Å². The van der Waals surface area contributed by atoms with E-state index in [1.54, 1.807) is 19.1 Å². The normalized spacial score (nSPS) is 11.4. The van der Waals surface area contributed by atoms with Crippen LogP contribution in [0, 0.1) is 6.92 Å². The SMILES string of the molecule is Cc1nc(NS(=O)(=O)c2cccc(Cl)c2)n[nH]1. The van der Waals surface area contributed by atoms with Crippen molar-refractivity contribution in [2.24, 2.45) is 0 Å². The Balaban J connectivity index is 2.31. The van der Waals surface area contributed by atoms with Gasteiger partial charge >= 0.3 is 0 Å². The lowest BCUT2D eigenvalue weighted by molar-refractivity contribution is 0.601. The molecule has 0 saturated heterocycles. The Labute approximate surface area is 103 Å².